The summed E-state index contributed by atoms with van der Waals surface area (Å²) >= 11 is 0. The third-order valence-corrected chi connectivity index (χ3v) is 3.11. The molecule has 0 saturated heterocycles. The first-order chi connectivity index (χ1) is 9.66. The summed E-state index contributed by atoms with van der Waals surface area (Å²) in [7, 11) is 0. The van der Waals surface area contributed by atoms with Crippen molar-refractivity contribution in [3.8, 4) is 5.75 Å². The van der Waals surface area contributed by atoms with Crippen LogP contribution in [0.25, 0.3) is 0 Å². The van der Waals surface area contributed by atoms with Crippen LogP contribution in [0.3, 0.4) is 0 Å². The van der Waals surface area contributed by atoms with Gasteiger partial charge in [-0.3, -0.25) is 9.78 Å². The van der Waals surface area contributed by atoms with Crippen LogP contribution in [-0.4, -0.2) is 17.5 Å². The van der Waals surface area contributed by atoms with Gasteiger partial charge in [-0.1, -0.05) is 18.2 Å². The average Bonchev–Trinajstić information content (AvgIpc) is 2.48. The maximum Gasteiger partial charge on any atom is 0.258 e. The number of benzene rings is 1. The number of hydrogen-bond donors (Lipinski definition) is 1. The van der Waals surface area contributed by atoms with Gasteiger partial charge in [-0.15, -0.1) is 0 Å². The topological polar surface area (TPSA) is 51.2 Å². The van der Waals surface area contributed by atoms with E-state index in [1.54, 1.807) is 6.20 Å². The van der Waals surface area contributed by atoms with Gasteiger partial charge in [0.25, 0.3) is 5.91 Å². The Hall–Kier alpha value is -2.36. The molecule has 0 aliphatic heterocycles. The van der Waals surface area contributed by atoms with Gasteiger partial charge in [0.05, 0.1) is 12.2 Å². The molecule has 1 aromatic carbocycles. The van der Waals surface area contributed by atoms with Crippen molar-refractivity contribution < 1.29 is 9.53 Å². The average molecular weight is 270 g/mol. The van der Waals surface area contributed by atoms with Crippen LogP contribution in [0, 0.1) is 13.8 Å². The number of aryl methyl sites for hydroxylation is 1. The molecule has 0 radical (unpaired) electrons. The number of carbonyl (C=O) groups excluding carboxylic acids is 1. The number of carbonyl (C=O) groups is 1. The summed E-state index contributed by atoms with van der Waals surface area (Å²) in [6.45, 7) is 4.42. The molecule has 4 heteroatoms. The van der Waals surface area contributed by atoms with Crippen LogP contribution in [0.1, 0.15) is 16.8 Å². The van der Waals surface area contributed by atoms with Gasteiger partial charge in [0.1, 0.15) is 5.75 Å². The zero-order valence-electron chi connectivity index (χ0n) is 11.7. The van der Waals surface area contributed by atoms with Gasteiger partial charge < -0.3 is 10.1 Å². The van der Waals surface area contributed by atoms with Gasteiger partial charge in [-0.2, -0.15) is 0 Å². The van der Waals surface area contributed by atoms with E-state index in [2.05, 4.69) is 10.3 Å². The second-order valence-corrected chi connectivity index (χ2v) is 4.58. The van der Waals surface area contributed by atoms with E-state index in [-0.39, 0.29) is 12.5 Å². The molecule has 1 heterocycles. The number of ether oxygens (including phenoxy) is 1. The van der Waals surface area contributed by atoms with E-state index in [1.165, 1.54) is 0 Å². The summed E-state index contributed by atoms with van der Waals surface area (Å²) in [6.07, 6.45) is 1.70. The number of nitrogens with one attached hydrogen (secondary N) is 1. The molecule has 0 fully saturated rings. The summed E-state index contributed by atoms with van der Waals surface area (Å²) in [5.41, 5.74) is 3.04. The zero-order valence-corrected chi connectivity index (χ0v) is 11.7. The zero-order chi connectivity index (χ0) is 14.4. The Balaban J connectivity index is 1.82. The van der Waals surface area contributed by atoms with E-state index in [9.17, 15) is 4.79 Å². The second kappa shape index (κ2) is 6.70. The van der Waals surface area contributed by atoms with Crippen LogP contribution >= 0.6 is 0 Å². The van der Waals surface area contributed by atoms with Crippen molar-refractivity contribution in [2.24, 2.45) is 0 Å². The number of amides is 1. The molecule has 1 N–H and O–H groups in total. The van der Waals surface area contributed by atoms with Gasteiger partial charge in [0.15, 0.2) is 6.61 Å². The van der Waals surface area contributed by atoms with Crippen LogP contribution in [-0.2, 0) is 11.3 Å². The van der Waals surface area contributed by atoms with Crippen molar-refractivity contribution >= 4 is 5.91 Å². The van der Waals surface area contributed by atoms with Crippen LogP contribution in [0.4, 0.5) is 0 Å². The van der Waals surface area contributed by atoms with E-state index in [1.807, 2.05) is 50.2 Å². The minimum absolute atomic E-state index is 0.0110. The Morgan fingerprint density at radius 3 is 2.80 bits per heavy atom. The molecule has 2 rings (SSSR count). The van der Waals surface area contributed by atoms with Crippen molar-refractivity contribution in [1.82, 2.24) is 10.3 Å². The Bertz CT molecular complexity index is 582. The molecule has 1 amide bonds. The minimum Gasteiger partial charge on any atom is -0.483 e. The van der Waals surface area contributed by atoms with Gasteiger partial charge in [-0.05, 0) is 43.2 Å². The molecule has 0 unspecified atom stereocenters. The molecule has 0 atom stereocenters. The largest absolute Gasteiger partial charge is 0.483 e. The third kappa shape index (κ3) is 3.82. The van der Waals surface area contributed by atoms with Crippen LogP contribution in [0.2, 0.25) is 0 Å². The fraction of sp³-hybridized carbons (Fsp3) is 0.250. The van der Waals surface area contributed by atoms with Crippen LogP contribution in [0.15, 0.2) is 42.6 Å². The van der Waals surface area contributed by atoms with E-state index in [0.717, 1.165) is 22.6 Å². The third-order valence-electron chi connectivity index (χ3n) is 3.11. The lowest BCUT2D eigenvalue weighted by Gasteiger charge is -2.10. The fourth-order valence-corrected chi connectivity index (χ4v) is 1.77. The Kier molecular flexibility index (Phi) is 4.71. The van der Waals surface area contributed by atoms with Crippen molar-refractivity contribution in [1.29, 1.82) is 0 Å². The highest BCUT2D eigenvalue weighted by Gasteiger charge is 2.06. The summed E-state index contributed by atoms with van der Waals surface area (Å²) in [4.78, 5) is 15.9. The fourth-order valence-electron chi connectivity index (χ4n) is 1.77. The molecule has 2 aromatic rings. The molecular formula is C16H18N2O2. The van der Waals surface area contributed by atoms with Crippen molar-refractivity contribution in [3.05, 3.63) is 59.4 Å². The summed E-state index contributed by atoms with van der Waals surface area (Å²) < 4.78 is 5.54. The number of nitrogens with zero attached hydrogens (tertiary/aromatic N) is 1. The van der Waals surface area contributed by atoms with Gasteiger partial charge in [-0.25, -0.2) is 0 Å². The lowest BCUT2D eigenvalue weighted by Crippen LogP contribution is -2.28. The standard InChI is InChI=1S/C16H18N2O2/c1-12-6-5-8-15(13(12)2)20-11-16(19)18-10-14-7-3-4-9-17-14/h3-9H,10-11H2,1-2H3,(H,18,19). The molecule has 0 spiro atoms. The maximum absolute atomic E-state index is 11.7. The first kappa shape index (κ1) is 14.1. The first-order valence-electron chi connectivity index (χ1n) is 6.52. The normalized spacial score (nSPS) is 10.1. The van der Waals surface area contributed by atoms with Crippen molar-refractivity contribution in [2.45, 2.75) is 20.4 Å². The second-order valence-electron chi connectivity index (χ2n) is 4.58. The van der Waals surface area contributed by atoms with Crippen LogP contribution in [0.5, 0.6) is 5.75 Å². The quantitative estimate of drug-likeness (QED) is 0.907. The molecule has 104 valence electrons. The van der Waals surface area contributed by atoms with Crippen molar-refractivity contribution in [2.75, 3.05) is 6.61 Å². The smallest absolute Gasteiger partial charge is 0.258 e. The number of rotatable bonds is 5. The lowest BCUT2D eigenvalue weighted by atomic mass is 10.1. The van der Waals surface area contributed by atoms with Gasteiger partial charge in [0, 0.05) is 6.20 Å². The van der Waals surface area contributed by atoms with Crippen molar-refractivity contribution in [3.63, 3.8) is 0 Å². The van der Waals surface area contributed by atoms with E-state index < -0.39 is 0 Å². The van der Waals surface area contributed by atoms with E-state index >= 15 is 0 Å². The summed E-state index contributed by atoms with van der Waals surface area (Å²) in [5, 5.41) is 2.78. The predicted octanol–water partition coefficient (Wildman–Crippen LogP) is 2.39. The van der Waals surface area contributed by atoms with Gasteiger partial charge in [0.2, 0.25) is 0 Å². The Morgan fingerprint density at radius 2 is 2.05 bits per heavy atom. The predicted molar refractivity (Wildman–Crippen MR) is 77.5 cm³/mol. The molecule has 20 heavy (non-hydrogen) atoms. The summed E-state index contributed by atoms with van der Waals surface area (Å²) in [6, 6.07) is 11.4. The first-order valence-corrected chi connectivity index (χ1v) is 6.52. The highest BCUT2D eigenvalue weighted by Crippen LogP contribution is 2.20. The van der Waals surface area contributed by atoms with Crippen LogP contribution < -0.4 is 10.1 Å². The Morgan fingerprint density at radius 1 is 1.20 bits per heavy atom. The highest BCUT2D eigenvalue weighted by molar-refractivity contribution is 5.77. The number of pyridine rings is 1. The number of aromatic nitrogens is 1. The minimum atomic E-state index is -0.156. The number of hydrogen-bond acceptors (Lipinski definition) is 3. The molecule has 0 bridgehead atoms. The Labute approximate surface area is 118 Å². The monoisotopic (exact) mass is 270 g/mol. The van der Waals surface area contributed by atoms with E-state index in [0.29, 0.717) is 6.54 Å². The highest BCUT2D eigenvalue weighted by atomic mass is 16.5. The summed E-state index contributed by atoms with van der Waals surface area (Å²) in [5.74, 6) is 0.592. The molecular weight excluding hydrogens is 252 g/mol. The lowest BCUT2D eigenvalue weighted by molar-refractivity contribution is -0.123. The maximum atomic E-state index is 11.7. The molecule has 0 aliphatic rings. The molecule has 1 aromatic heterocycles. The SMILES string of the molecule is Cc1cccc(OCC(=O)NCc2ccccn2)c1C. The molecule has 0 saturated carbocycles. The van der Waals surface area contributed by atoms with E-state index in [4.69, 9.17) is 4.74 Å². The molecule has 0 aliphatic carbocycles. The van der Waals surface area contributed by atoms with Gasteiger partial charge >= 0.3 is 0 Å². The molecule has 4 nitrogen and oxygen atoms in total.